The topological polar surface area (TPSA) is 58.6 Å². The van der Waals surface area contributed by atoms with Crippen molar-refractivity contribution in [3.63, 3.8) is 0 Å². The molecule has 39 heavy (non-hydrogen) atoms. The molecule has 0 saturated heterocycles. The van der Waals surface area contributed by atoms with Gasteiger partial charge in [0.15, 0.2) is 6.61 Å². The Balaban J connectivity index is 1.44. The van der Waals surface area contributed by atoms with Gasteiger partial charge in [0.2, 0.25) is 5.91 Å². The van der Waals surface area contributed by atoms with Crippen molar-refractivity contribution in [3.05, 3.63) is 113 Å². The molecule has 0 spiro atoms. The summed E-state index contributed by atoms with van der Waals surface area (Å²) in [5.41, 5.74) is 1.76. The lowest BCUT2D eigenvalue weighted by molar-refractivity contribution is -0.143. The number of rotatable bonds is 10. The molecule has 6 heteroatoms. The lowest BCUT2D eigenvalue weighted by Gasteiger charge is -2.32. The van der Waals surface area contributed by atoms with Crippen LogP contribution in [0.1, 0.15) is 36.8 Å². The van der Waals surface area contributed by atoms with Crippen LogP contribution in [0.2, 0.25) is 5.02 Å². The summed E-state index contributed by atoms with van der Waals surface area (Å²) < 4.78 is 6.09. The van der Waals surface area contributed by atoms with Crippen molar-refractivity contribution >= 4 is 34.2 Å². The van der Waals surface area contributed by atoms with E-state index in [9.17, 15) is 9.59 Å². The Morgan fingerprint density at radius 1 is 0.872 bits per heavy atom. The van der Waals surface area contributed by atoms with Crippen molar-refractivity contribution in [2.75, 3.05) is 6.61 Å². The van der Waals surface area contributed by atoms with Crippen LogP contribution in [0.3, 0.4) is 0 Å². The Morgan fingerprint density at radius 2 is 1.56 bits per heavy atom. The smallest absolute Gasteiger partial charge is 0.261 e. The molecule has 0 aliphatic heterocycles. The first kappa shape index (κ1) is 26.8. The summed E-state index contributed by atoms with van der Waals surface area (Å²) in [5, 5.41) is 5.75. The number of nitrogens with zero attached hydrogens (tertiary/aromatic N) is 1. The van der Waals surface area contributed by atoms with Crippen LogP contribution in [0.5, 0.6) is 5.75 Å². The largest absolute Gasteiger partial charge is 0.483 e. The van der Waals surface area contributed by atoms with Crippen molar-refractivity contribution in [1.29, 1.82) is 0 Å². The highest BCUT2D eigenvalue weighted by atomic mass is 35.5. The maximum atomic E-state index is 13.9. The molecular weight excluding hydrogens is 508 g/mol. The zero-order chi connectivity index (χ0) is 27.0. The minimum Gasteiger partial charge on any atom is -0.483 e. The average molecular weight is 541 g/mol. The van der Waals surface area contributed by atoms with Gasteiger partial charge in [-0.25, -0.2) is 0 Å². The van der Waals surface area contributed by atoms with E-state index in [1.807, 2.05) is 91.0 Å². The zero-order valence-electron chi connectivity index (χ0n) is 21.9. The van der Waals surface area contributed by atoms with Crippen molar-refractivity contribution in [2.24, 2.45) is 0 Å². The molecule has 0 aromatic heterocycles. The molecule has 1 N–H and O–H groups in total. The van der Waals surface area contributed by atoms with Gasteiger partial charge in [-0.3, -0.25) is 9.59 Å². The predicted molar refractivity (Wildman–Crippen MR) is 156 cm³/mol. The van der Waals surface area contributed by atoms with Gasteiger partial charge < -0.3 is 15.0 Å². The molecule has 5 rings (SSSR count). The van der Waals surface area contributed by atoms with Crippen LogP contribution in [0.25, 0.3) is 10.8 Å². The molecule has 1 atom stereocenters. The van der Waals surface area contributed by atoms with Crippen LogP contribution in [-0.2, 0) is 22.6 Å². The Labute approximate surface area is 234 Å². The van der Waals surface area contributed by atoms with Crippen molar-refractivity contribution < 1.29 is 14.3 Å². The van der Waals surface area contributed by atoms with E-state index < -0.39 is 6.04 Å². The lowest BCUT2D eigenvalue weighted by atomic mass is 10.0. The first-order valence-corrected chi connectivity index (χ1v) is 13.9. The highest BCUT2D eigenvalue weighted by Crippen LogP contribution is 2.26. The second-order valence-corrected chi connectivity index (χ2v) is 10.5. The number of hydrogen-bond acceptors (Lipinski definition) is 3. The second kappa shape index (κ2) is 12.8. The molecule has 4 aromatic rings. The highest BCUT2D eigenvalue weighted by Gasteiger charge is 2.32. The van der Waals surface area contributed by atoms with Crippen LogP contribution in [0.15, 0.2) is 97.1 Å². The Morgan fingerprint density at radius 3 is 2.36 bits per heavy atom. The van der Waals surface area contributed by atoms with Crippen LogP contribution in [0.4, 0.5) is 0 Å². The first-order chi connectivity index (χ1) is 19.1. The Bertz CT molecular complexity index is 1410. The van der Waals surface area contributed by atoms with Gasteiger partial charge in [0.05, 0.1) is 0 Å². The van der Waals surface area contributed by atoms with Crippen LogP contribution in [0, 0.1) is 0 Å². The minimum atomic E-state index is -0.715. The third-order valence-corrected chi connectivity index (χ3v) is 7.74. The van der Waals surface area contributed by atoms with Gasteiger partial charge >= 0.3 is 0 Å². The van der Waals surface area contributed by atoms with E-state index in [1.54, 1.807) is 11.0 Å². The van der Waals surface area contributed by atoms with Gasteiger partial charge in [-0.2, -0.15) is 0 Å². The van der Waals surface area contributed by atoms with Crippen molar-refractivity contribution in [2.45, 2.75) is 50.7 Å². The number of hydrogen-bond donors (Lipinski definition) is 1. The third-order valence-electron chi connectivity index (χ3n) is 7.37. The molecule has 1 saturated carbocycles. The number of carbonyl (C=O) groups is 2. The van der Waals surface area contributed by atoms with E-state index in [1.165, 1.54) is 0 Å². The van der Waals surface area contributed by atoms with E-state index >= 15 is 0 Å². The summed E-state index contributed by atoms with van der Waals surface area (Å²) in [5.74, 6) is 0.218. The third kappa shape index (κ3) is 6.79. The number of carbonyl (C=O) groups excluding carboxylic acids is 2. The SMILES string of the molecule is O=C(NC1CCCC1)C(Cc1ccccc1)N(Cc1ccccc1Cl)C(=O)COc1cccc2ccccc12. The molecule has 2 amide bonds. The summed E-state index contributed by atoms with van der Waals surface area (Å²) in [6.07, 6.45) is 4.54. The molecule has 0 bridgehead atoms. The van der Waals surface area contributed by atoms with Crippen LogP contribution >= 0.6 is 11.6 Å². The summed E-state index contributed by atoms with van der Waals surface area (Å²) >= 11 is 6.52. The molecule has 1 aliphatic carbocycles. The van der Waals surface area contributed by atoms with Gasteiger partial charge in [0, 0.05) is 29.4 Å². The summed E-state index contributed by atoms with van der Waals surface area (Å²) in [7, 11) is 0. The number of nitrogens with one attached hydrogen (secondary N) is 1. The number of halogens is 1. The van der Waals surface area contributed by atoms with E-state index in [2.05, 4.69) is 5.32 Å². The molecular formula is C33H33ClN2O3. The van der Waals surface area contributed by atoms with Gasteiger partial charge in [0.1, 0.15) is 11.8 Å². The summed E-state index contributed by atoms with van der Waals surface area (Å²) in [4.78, 5) is 29.3. The average Bonchev–Trinajstić information content (AvgIpc) is 3.48. The molecule has 1 unspecified atom stereocenters. The van der Waals surface area contributed by atoms with Crippen LogP contribution in [-0.4, -0.2) is 35.4 Å². The van der Waals surface area contributed by atoms with Crippen molar-refractivity contribution in [1.82, 2.24) is 10.2 Å². The summed E-state index contributed by atoms with van der Waals surface area (Å²) in [6, 6.07) is 30.4. The fourth-order valence-corrected chi connectivity index (χ4v) is 5.47. The zero-order valence-corrected chi connectivity index (χ0v) is 22.6. The first-order valence-electron chi connectivity index (χ1n) is 13.6. The lowest BCUT2D eigenvalue weighted by Crippen LogP contribution is -2.53. The normalized spacial score (nSPS) is 14.2. The van der Waals surface area contributed by atoms with E-state index in [-0.39, 0.29) is 31.0 Å². The minimum absolute atomic E-state index is 0.139. The Hall–Kier alpha value is -3.83. The maximum Gasteiger partial charge on any atom is 0.261 e. The monoisotopic (exact) mass is 540 g/mol. The highest BCUT2D eigenvalue weighted by molar-refractivity contribution is 6.31. The quantitative estimate of drug-likeness (QED) is 0.247. The Kier molecular flexibility index (Phi) is 8.79. The van der Waals surface area contributed by atoms with Crippen molar-refractivity contribution in [3.8, 4) is 5.75 Å². The summed E-state index contributed by atoms with van der Waals surface area (Å²) in [6.45, 7) is 0.00739. The van der Waals surface area contributed by atoms with Gasteiger partial charge in [-0.1, -0.05) is 109 Å². The number of benzene rings is 4. The van der Waals surface area contributed by atoms with Gasteiger partial charge in [-0.05, 0) is 41.5 Å². The molecule has 0 radical (unpaired) electrons. The van der Waals surface area contributed by atoms with Crippen LogP contribution < -0.4 is 10.1 Å². The molecule has 4 aromatic carbocycles. The fourth-order valence-electron chi connectivity index (χ4n) is 5.28. The van der Waals surface area contributed by atoms with Gasteiger partial charge in [0.25, 0.3) is 5.91 Å². The second-order valence-electron chi connectivity index (χ2n) is 10.1. The molecule has 1 fully saturated rings. The van der Waals surface area contributed by atoms with E-state index in [0.717, 1.165) is 47.6 Å². The molecule has 5 nitrogen and oxygen atoms in total. The standard InChI is InChI=1S/C33H33ClN2O3/c34-29-19-9-5-14-26(29)22-36(32(37)23-39-31-20-10-15-25-13-4-8-18-28(25)31)30(21-24-11-2-1-3-12-24)33(38)35-27-16-6-7-17-27/h1-5,8-15,18-20,27,30H,6-7,16-17,21-23H2,(H,35,38). The van der Waals surface area contributed by atoms with E-state index in [4.69, 9.17) is 16.3 Å². The molecule has 0 heterocycles. The molecule has 1 aliphatic rings. The molecule has 200 valence electrons. The number of fused-ring (bicyclic) bond motifs is 1. The van der Waals surface area contributed by atoms with E-state index in [0.29, 0.717) is 17.2 Å². The maximum absolute atomic E-state index is 13.9. The number of amides is 2. The number of ether oxygens (including phenoxy) is 1. The van der Waals surface area contributed by atoms with Gasteiger partial charge in [-0.15, -0.1) is 0 Å². The fraction of sp³-hybridized carbons (Fsp3) is 0.273. The predicted octanol–water partition coefficient (Wildman–Crippen LogP) is 6.57.